The van der Waals surface area contributed by atoms with Gasteiger partial charge in [-0.05, 0) is 51.5 Å². The molecule has 8 nitrogen and oxygen atoms in total. The summed E-state index contributed by atoms with van der Waals surface area (Å²) in [6.45, 7) is 11.6. The van der Waals surface area contributed by atoms with Crippen molar-refractivity contribution in [3.63, 3.8) is 0 Å². The number of anilines is 2. The third kappa shape index (κ3) is 4.42. The highest BCUT2D eigenvalue weighted by Gasteiger charge is 2.40. The van der Waals surface area contributed by atoms with Crippen LogP contribution in [0.4, 0.5) is 16.3 Å². The summed E-state index contributed by atoms with van der Waals surface area (Å²) >= 11 is 0. The van der Waals surface area contributed by atoms with E-state index in [1.807, 2.05) is 31.2 Å². The summed E-state index contributed by atoms with van der Waals surface area (Å²) in [7, 11) is 0. The minimum absolute atomic E-state index is 0.217. The second kappa shape index (κ2) is 9.42. The van der Waals surface area contributed by atoms with Gasteiger partial charge >= 0.3 is 6.03 Å². The van der Waals surface area contributed by atoms with Gasteiger partial charge in [0, 0.05) is 29.9 Å². The van der Waals surface area contributed by atoms with E-state index in [0.717, 1.165) is 47.7 Å². The van der Waals surface area contributed by atoms with Crippen LogP contribution in [-0.4, -0.2) is 48.3 Å². The molecule has 2 aliphatic heterocycles. The van der Waals surface area contributed by atoms with Gasteiger partial charge in [-0.1, -0.05) is 13.3 Å². The first-order valence-electron chi connectivity index (χ1n) is 11.5. The van der Waals surface area contributed by atoms with Crippen LogP contribution in [-0.2, 0) is 21.7 Å². The predicted molar refractivity (Wildman–Crippen MR) is 125 cm³/mol. The van der Waals surface area contributed by atoms with Crippen molar-refractivity contribution in [2.45, 2.75) is 58.8 Å². The predicted octanol–water partition coefficient (Wildman–Crippen LogP) is 4.06. The average molecular weight is 440 g/mol. The Morgan fingerprint density at radius 3 is 2.72 bits per heavy atom. The van der Waals surface area contributed by atoms with E-state index < -0.39 is 5.60 Å². The number of urea groups is 1. The Morgan fingerprint density at radius 1 is 1.25 bits per heavy atom. The lowest BCUT2D eigenvalue weighted by atomic mass is 9.94. The average Bonchev–Trinajstić information content (AvgIpc) is 3.11. The van der Waals surface area contributed by atoms with Crippen molar-refractivity contribution in [2.24, 2.45) is 0 Å². The van der Waals surface area contributed by atoms with Gasteiger partial charge in [0.25, 0.3) is 0 Å². The summed E-state index contributed by atoms with van der Waals surface area (Å²) in [6, 6.07) is 7.66. The van der Waals surface area contributed by atoms with Crippen molar-refractivity contribution in [1.29, 1.82) is 0 Å². The van der Waals surface area contributed by atoms with Gasteiger partial charge in [0.15, 0.2) is 5.82 Å². The fraction of sp³-hybridized carbons (Fsp3) is 0.542. The van der Waals surface area contributed by atoms with Gasteiger partial charge in [0.05, 0.1) is 31.6 Å². The van der Waals surface area contributed by atoms with Crippen LogP contribution in [0.2, 0.25) is 0 Å². The lowest BCUT2D eigenvalue weighted by Crippen LogP contribution is -2.44. The Kier molecular flexibility index (Phi) is 6.62. The molecule has 0 spiro atoms. The molecule has 1 fully saturated rings. The Balaban J connectivity index is 1.72. The van der Waals surface area contributed by atoms with Crippen LogP contribution in [0.3, 0.4) is 0 Å². The molecule has 2 N–H and O–H groups in total. The number of nitrogens with zero attached hydrogens (tertiary/aromatic N) is 3. The topological polar surface area (TPSA) is 88.6 Å². The molecular formula is C24H33N5O3. The summed E-state index contributed by atoms with van der Waals surface area (Å²) < 4.78 is 11.9. The van der Waals surface area contributed by atoms with Crippen LogP contribution >= 0.6 is 0 Å². The second-order valence-corrected chi connectivity index (χ2v) is 8.65. The number of morpholine rings is 1. The third-order valence-electron chi connectivity index (χ3n) is 6.13. The number of benzene rings is 1. The molecule has 0 saturated carbocycles. The van der Waals surface area contributed by atoms with Crippen molar-refractivity contribution in [3.8, 4) is 11.4 Å². The second-order valence-electron chi connectivity index (χ2n) is 8.65. The van der Waals surface area contributed by atoms with Crippen molar-refractivity contribution >= 4 is 17.5 Å². The number of fused-ring (bicyclic) bond motifs is 1. The van der Waals surface area contributed by atoms with Crippen LogP contribution in [0, 0.1) is 0 Å². The molecule has 2 aliphatic rings. The van der Waals surface area contributed by atoms with Gasteiger partial charge in [-0.25, -0.2) is 14.8 Å². The van der Waals surface area contributed by atoms with E-state index in [0.29, 0.717) is 32.2 Å². The molecule has 8 heteroatoms. The Bertz CT molecular complexity index is 965. The molecule has 4 rings (SSSR count). The first-order valence-corrected chi connectivity index (χ1v) is 11.5. The number of aromatic nitrogens is 2. The fourth-order valence-electron chi connectivity index (χ4n) is 4.46. The Morgan fingerprint density at radius 2 is 2.03 bits per heavy atom. The zero-order valence-corrected chi connectivity index (χ0v) is 19.4. The molecule has 3 heterocycles. The maximum atomic E-state index is 11.8. The molecule has 1 unspecified atom stereocenters. The molecule has 2 aromatic rings. The number of carbonyl (C=O) groups is 1. The summed E-state index contributed by atoms with van der Waals surface area (Å²) in [5.41, 5.74) is 3.30. The number of hydrogen-bond acceptors (Lipinski definition) is 6. The van der Waals surface area contributed by atoms with Crippen molar-refractivity contribution in [2.75, 3.05) is 36.5 Å². The number of nitrogens with one attached hydrogen (secondary N) is 2. The van der Waals surface area contributed by atoms with Gasteiger partial charge in [-0.15, -0.1) is 0 Å². The van der Waals surface area contributed by atoms with E-state index in [1.54, 1.807) is 0 Å². The summed E-state index contributed by atoms with van der Waals surface area (Å²) in [5.74, 6) is 1.62. The van der Waals surface area contributed by atoms with E-state index in [9.17, 15) is 4.79 Å². The first kappa shape index (κ1) is 22.5. The van der Waals surface area contributed by atoms with E-state index in [1.165, 1.54) is 0 Å². The molecular weight excluding hydrogens is 406 g/mol. The lowest BCUT2D eigenvalue weighted by molar-refractivity contribution is -0.0321. The van der Waals surface area contributed by atoms with Crippen LogP contribution in [0.1, 0.15) is 51.8 Å². The molecule has 172 valence electrons. The molecule has 0 aliphatic carbocycles. The molecule has 0 radical (unpaired) electrons. The van der Waals surface area contributed by atoms with Gasteiger partial charge < -0.3 is 25.0 Å². The Hall–Kier alpha value is -2.71. The minimum Gasteiger partial charge on any atom is -0.377 e. The fourth-order valence-corrected chi connectivity index (χ4v) is 4.46. The molecule has 1 aromatic carbocycles. The van der Waals surface area contributed by atoms with E-state index in [-0.39, 0.29) is 12.1 Å². The molecule has 1 aromatic heterocycles. The number of carbonyl (C=O) groups excluding carboxylic acids is 1. The van der Waals surface area contributed by atoms with Crippen LogP contribution < -0.4 is 15.5 Å². The van der Waals surface area contributed by atoms with Crippen molar-refractivity contribution in [3.05, 3.63) is 35.5 Å². The monoisotopic (exact) mass is 439 g/mol. The summed E-state index contributed by atoms with van der Waals surface area (Å²) in [6.07, 6.45) is 1.92. The van der Waals surface area contributed by atoms with Crippen LogP contribution in [0.15, 0.2) is 24.3 Å². The number of hydrogen-bond donors (Lipinski definition) is 2. The standard InChI is InChI=1S/C24H33N5O3/c1-5-11-24(4)20-19(15-32-24)22(29-12-13-31-14-16(29)3)28-21(27-20)17-7-9-18(10-8-17)26-23(30)25-6-2/h7-10,16H,5-6,11-15H2,1-4H3,(H2,25,26,30)/t16-,24?/m0/s1. The quantitative estimate of drug-likeness (QED) is 0.706. The van der Waals surface area contributed by atoms with Crippen molar-refractivity contribution < 1.29 is 14.3 Å². The minimum atomic E-state index is -0.411. The molecule has 2 atom stereocenters. The zero-order chi connectivity index (χ0) is 22.7. The third-order valence-corrected chi connectivity index (χ3v) is 6.13. The lowest BCUT2D eigenvalue weighted by Gasteiger charge is -2.35. The molecule has 32 heavy (non-hydrogen) atoms. The summed E-state index contributed by atoms with van der Waals surface area (Å²) in [4.78, 5) is 24.1. The Labute approximate surface area is 189 Å². The highest BCUT2D eigenvalue weighted by Crippen LogP contribution is 2.43. The van der Waals surface area contributed by atoms with Gasteiger partial charge in [-0.3, -0.25) is 0 Å². The SMILES string of the molecule is CCCC1(C)OCc2c(N3CCOC[C@@H]3C)nc(-c3ccc(NC(=O)NCC)cc3)nc21. The van der Waals surface area contributed by atoms with Gasteiger partial charge in [-0.2, -0.15) is 0 Å². The van der Waals surface area contributed by atoms with E-state index in [2.05, 4.69) is 36.3 Å². The van der Waals surface area contributed by atoms with Gasteiger partial charge in [0.2, 0.25) is 0 Å². The molecule has 0 bridgehead atoms. The number of ether oxygens (including phenoxy) is 2. The maximum absolute atomic E-state index is 11.8. The maximum Gasteiger partial charge on any atom is 0.319 e. The largest absolute Gasteiger partial charge is 0.377 e. The number of rotatable bonds is 6. The summed E-state index contributed by atoms with van der Waals surface area (Å²) in [5, 5.41) is 5.56. The van der Waals surface area contributed by atoms with E-state index >= 15 is 0 Å². The molecule has 2 amide bonds. The van der Waals surface area contributed by atoms with E-state index in [4.69, 9.17) is 19.4 Å². The zero-order valence-electron chi connectivity index (χ0n) is 19.4. The van der Waals surface area contributed by atoms with Gasteiger partial charge in [0.1, 0.15) is 11.4 Å². The highest BCUT2D eigenvalue weighted by molar-refractivity contribution is 5.89. The first-order chi connectivity index (χ1) is 15.4. The molecule has 1 saturated heterocycles. The van der Waals surface area contributed by atoms with Crippen molar-refractivity contribution in [1.82, 2.24) is 15.3 Å². The number of amides is 2. The van der Waals surface area contributed by atoms with Crippen LogP contribution in [0.5, 0.6) is 0 Å². The smallest absolute Gasteiger partial charge is 0.319 e. The normalized spacial score (nSPS) is 22.5. The highest BCUT2D eigenvalue weighted by atomic mass is 16.5. The van der Waals surface area contributed by atoms with Crippen LogP contribution in [0.25, 0.3) is 11.4 Å².